The van der Waals surface area contributed by atoms with Crippen LogP contribution in [0.5, 0.6) is 17.2 Å². The lowest BCUT2D eigenvalue weighted by Crippen LogP contribution is -2.43. The van der Waals surface area contributed by atoms with Crippen molar-refractivity contribution in [1.29, 1.82) is 0 Å². The van der Waals surface area contributed by atoms with Gasteiger partial charge in [-0.1, -0.05) is 72.8 Å². The molecular formula is C31H24NO5P. The van der Waals surface area contributed by atoms with Crippen LogP contribution in [0.3, 0.4) is 0 Å². The zero-order valence-electron chi connectivity index (χ0n) is 20.5. The molecule has 0 spiro atoms. The zero-order valence-corrected chi connectivity index (χ0v) is 21.4. The number of methoxy groups -OCH3 is 1. The lowest BCUT2D eigenvalue weighted by atomic mass is 9.94. The van der Waals surface area contributed by atoms with Crippen molar-refractivity contribution in [2.75, 3.05) is 7.11 Å². The van der Waals surface area contributed by atoms with E-state index in [0.717, 1.165) is 10.8 Å². The smallest absolute Gasteiger partial charge is 0.465 e. The maximum absolute atomic E-state index is 15.4. The van der Waals surface area contributed by atoms with E-state index in [1.165, 1.54) is 0 Å². The molecule has 0 radical (unpaired) electrons. The zero-order chi connectivity index (χ0) is 26.2. The lowest BCUT2D eigenvalue weighted by Gasteiger charge is -2.37. The van der Waals surface area contributed by atoms with E-state index < -0.39 is 12.9 Å². The van der Waals surface area contributed by atoms with Gasteiger partial charge in [0.2, 0.25) is 5.28 Å². The van der Waals surface area contributed by atoms with Crippen LogP contribution in [0, 0.1) is 0 Å². The molecule has 38 heavy (non-hydrogen) atoms. The number of para-hydroxylation sites is 2. The Morgan fingerprint density at radius 3 is 1.74 bits per heavy atom. The highest BCUT2D eigenvalue weighted by Crippen LogP contribution is 2.67. The second-order valence-corrected chi connectivity index (χ2v) is 11.0. The summed E-state index contributed by atoms with van der Waals surface area (Å²) in [4.78, 5) is 13.6. The van der Waals surface area contributed by atoms with Crippen LogP contribution in [-0.4, -0.2) is 13.0 Å². The molecule has 1 heterocycles. The number of ether oxygens (including phenoxy) is 1. The summed E-state index contributed by atoms with van der Waals surface area (Å²) in [7, 11) is -2.73. The summed E-state index contributed by atoms with van der Waals surface area (Å²) in [5.41, 5.74) is 1.46. The fourth-order valence-electron chi connectivity index (χ4n) is 4.86. The van der Waals surface area contributed by atoms with Crippen molar-refractivity contribution in [1.82, 2.24) is 5.32 Å². The lowest BCUT2D eigenvalue weighted by molar-refractivity contribution is 0.0949. The van der Waals surface area contributed by atoms with E-state index in [2.05, 4.69) is 5.32 Å². The number of carbonyl (C=O) groups excluding carboxylic acids is 1. The van der Waals surface area contributed by atoms with Gasteiger partial charge in [0.25, 0.3) is 5.91 Å². The highest BCUT2D eigenvalue weighted by Gasteiger charge is 2.62. The molecule has 0 fully saturated rings. The van der Waals surface area contributed by atoms with Crippen molar-refractivity contribution >= 4 is 24.3 Å². The topological polar surface area (TPSA) is 73.9 Å². The van der Waals surface area contributed by atoms with E-state index in [-0.39, 0.29) is 5.91 Å². The van der Waals surface area contributed by atoms with Crippen LogP contribution >= 0.6 is 7.60 Å². The molecule has 0 saturated carbocycles. The van der Waals surface area contributed by atoms with E-state index in [9.17, 15) is 4.79 Å². The maximum atomic E-state index is 15.4. The molecular weight excluding hydrogens is 497 g/mol. The Balaban J connectivity index is 1.66. The van der Waals surface area contributed by atoms with E-state index in [0.29, 0.717) is 33.9 Å². The predicted molar refractivity (Wildman–Crippen MR) is 147 cm³/mol. The number of nitrogens with one attached hydrogen (secondary N) is 1. The van der Waals surface area contributed by atoms with Gasteiger partial charge >= 0.3 is 7.60 Å². The molecule has 1 N–H and O–H groups in total. The Kier molecular flexibility index (Phi) is 5.90. The van der Waals surface area contributed by atoms with Crippen molar-refractivity contribution in [2.24, 2.45) is 0 Å². The van der Waals surface area contributed by atoms with Crippen molar-refractivity contribution < 1.29 is 23.1 Å². The second-order valence-electron chi connectivity index (χ2n) is 8.94. The number of benzene rings is 5. The van der Waals surface area contributed by atoms with Gasteiger partial charge in [-0.3, -0.25) is 4.79 Å². The van der Waals surface area contributed by atoms with Crippen LogP contribution in [-0.2, 0) is 9.85 Å². The third-order valence-electron chi connectivity index (χ3n) is 6.67. The Bertz CT molecular complexity index is 1630. The van der Waals surface area contributed by atoms with Gasteiger partial charge < -0.3 is 19.1 Å². The van der Waals surface area contributed by atoms with Crippen LogP contribution in [0.2, 0.25) is 0 Å². The van der Waals surface area contributed by atoms with Gasteiger partial charge in [-0.15, -0.1) is 0 Å². The number of hydrogen-bond donors (Lipinski definition) is 1. The largest absolute Gasteiger partial charge is 0.497 e. The monoisotopic (exact) mass is 521 g/mol. The van der Waals surface area contributed by atoms with Crippen molar-refractivity contribution in [2.45, 2.75) is 5.28 Å². The molecule has 6 rings (SSSR count). The highest BCUT2D eigenvalue weighted by molar-refractivity contribution is 7.56. The van der Waals surface area contributed by atoms with Crippen molar-refractivity contribution in [3.8, 4) is 17.2 Å². The molecule has 1 aliphatic rings. The molecule has 188 valence electrons. The average Bonchev–Trinajstić information content (AvgIpc) is 3.25. The standard InChI is InChI=1S/C31H24NO5P/c1-35-25-18-16-24(17-19-25)31(29-21-23-11-9-8-10-22(23)20-28(29)30(33)32-31)38(34,36-26-12-4-2-5-13-26)37-27-14-6-3-7-15-27/h2-21H,1H3,(H,32,33)/t31-/m0/s1. The summed E-state index contributed by atoms with van der Waals surface area (Å²) in [5, 5.41) is 3.19. The number of fused-ring (bicyclic) bond motifs is 2. The molecule has 1 amide bonds. The molecule has 5 aromatic carbocycles. The Morgan fingerprint density at radius 2 is 1.18 bits per heavy atom. The summed E-state index contributed by atoms with van der Waals surface area (Å²) in [6.07, 6.45) is 0. The van der Waals surface area contributed by atoms with Gasteiger partial charge in [0.1, 0.15) is 17.2 Å². The van der Waals surface area contributed by atoms with E-state index in [1.807, 2.05) is 48.5 Å². The summed E-state index contributed by atoms with van der Waals surface area (Å²) in [5.74, 6) is 0.955. The SMILES string of the molecule is COc1ccc([C@@]2(P(=O)(Oc3ccccc3)Oc3ccccc3)NC(=O)c3cc4ccccc4cc32)cc1. The highest BCUT2D eigenvalue weighted by atomic mass is 31.2. The molecule has 1 aliphatic heterocycles. The number of amides is 1. The first kappa shape index (κ1) is 23.8. The van der Waals surface area contributed by atoms with E-state index >= 15 is 4.57 Å². The van der Waals surface area contributed by atoms with Gasteiger partial charge in [0, 0.05) is 11.1 Å². The minimum atomic E-state index is -4.31. The summed E-state index contributed by atoms with van der Waals surface area (Å²) in [6.45, 7) is 0. The first-order valence-corrected chi connectivity index (χ1v) is 13.7. The van der Waals surface area contributed by atoms with E-state index in [1.54, 1.807) is 79.9 Å². The van der Waals surface area contributed by atoms with Gasteiger partial charge in [0.05, 0.1) is 7.11 Å². The van der Waals surface area contributed by atoms with Crippen LogP contribution in [0.4, 0.5) is 0 Å². The third kappa shape index (κ3) is 3.90. The first-order chi connectivity index (χ1) is 18.5. The number of rotatable bonds is 7. The maximum Gasteiger partial charge on any atom is 0.465 e. The quantitative estimate of drug-likeness (QED) is 0.230. The van der Waals surface area contributed by atoms with Gasteiger partial charge in [-0.05, 0) is 64.9 Å². The minimum Gasteiger partial charge on any atom is -0.497 e. The average molecular weight is 522 g/mol. The third-order valence-corrected chi connectivity index (χ3v) is 9.01. The van der Waals surface area contributed by atoms with Crippen LogP contribution in [0.25, 0.3) is 10.8 Å². The molecule has 1 atom stereocenters. The molecule has 0 unspecified atom stereocenters. The second kappa shape index (κ2) is 9.40. The molecule has 6 nitrogen and oxygen atoms in total. The summed E-state index contributed by atoms with van der Waals surface area (Å²) < 4.78 is 33.4. The fourth-order valence-corrected chi connectivity index (χ4v) is 7.15. The van der Waals surface area contributed by atoms with Gasteiger partial charge in [-0.25, -0.2) is 4.57 Å². The Hall–Kier alpha value is -4.54. The fraction of sp³-hybridized carbons (Fsp3) is 0.0645. The summed E-state index contributed by atoms with van der Waals surface area (Å²) >= 11 is 0. The normalized spacial score (nSPS) is 16.5. The molecule has 0 saturated heterocycles. The van der Waals surface area contributed by atoms with Crippen molar-refractivity contribution in [3.05, 3.63) is 138 Å². The predicted octanol–water partition coefficient (Wildman–Crippen LogP) is 7.14. The van der Waals surface area contributed by atoms with Crippen molar-refractivity contribution in [3.63, 3.8) is 0 Å². The minimum absolute atomic E-state index is 0.350. The summed E-state index contributed by atoms with van der Waals surface area (Å²) in [6, 6.07) is 36.2. The van der Waals surface area contributed by atoms with Gasteiger partial charge in [-0.2, -0.15) is 0 Å². The molecule has 0 aromatic heterocycles. The Morgan fingerprint density at radius 1 is 0.658 bits per heavy atom. The van der Waals surface area contributed by atoms with Crippen LogP contribution in [0.15, 0.2) is 121 Å². The van der Waals surface area contributed by atoms with E-state index in [4.69, 9.17) is 13.8 Å². The van der Waals surface area contributed by atoms with Crippen LogP contribution in [0.1, 0.15) is 21.5 Å². The first-order valence-electron chi connectivity index (χ1n) is 12.1. The van der Waals surface area contributed by atoms with Gasteiger partial charge in [0.15, 0.2) is 0 Å². The molecule has 5 aromatic rings. The molecule has 0 aliphatic carbocycles. The molecule has 0 bridgehead atoms. The number of carbonyl (C=O) groups is 1. The number of hydrogen-bond acceptors (Lipinski definition) is 5. The van der Waals surface area contributed by atoms with Crippen LogP contribution < -0.4 is 19.1 Å². The Labute approximate surface area is 220 Å². The molecule has 7 heteroatoms.